The summed E-state index contributed by atoms with van der Waals surface area (Å²) < 4.78 is 0. The Labute approximate surface area is 157 Å². The number of aromatic nitrogens is 1. The molecule has 0 fully saturated rings. The van der Waals surface area contributed by atoms with E-state index in [1.807, 2.05) is 17.2 Å². The molecule has 1 aliphatic rings. The van der Waals surface area contributed by atoms with E-state index >= 15 is 0 Å². The highest BCUT2D eigenvalue weighted by Gasteiger charge is 2.31. The quantitative estimate of drug-likeness (QED) is 0.630. The van der Waals surface area contributed by atoms with Gasteiger partial charge in [-0.15, -0.1) is 11.3 Å². The molecular weight excluding hydrogens is 340 g/mol. The second kappa shape index (κ2) is 6.89. The third kappa shape index (κ3) is 2.97. The minimum Gasteiger partial charge on any atom is -0.333 e. The highest BCUT2D eigenvalue weighted by molar-refractivity contribution is 7.12. The molecule has 3 nitrogen and oxygen atoms in total. The Morgan fingerprint density at radius 1 is 1.27 bits per heavy atom. The molecule has 3 heterocycles. The number of amides is 1. The van der Waals surface area contributed by atoms with Gasteiger partial charge in [-0.1, -0.05) is 36.9 Å². The van der Waals surface area contributed by atoms with Crippen molar-refractivity contribution in [2.45, 2.75) is 19.4 Å². The van der Waals surface area contributed by atoms with E-state index < -0.39 is 0 Å². The molecule has 0 aliphatic carbocycles. The molecule has 0 radical (unpaired) electrons. The third-order valence-corrected chi connectivity index (χ3v) is 5.92. The van der Waals surface area contributed by atoms with Gasteiger partial charge in [-0.05, 0) is 41.8 Å². The van der Waals surface area contributed by atoms with E-state index in [1.165, 1.54) is 32.5 Å². The minimum absolute atomic E-state index is 0.00874. The number of nitrogens with zero attached hydrogens (tertiary/aromatic N) is 2. The van der Waals surface area contributed by atoms with E-state index in [-0.39, 0.29) is 11.8 Å². The number of aryl methyl sites for hydroxylation is 1. The van der Waals surface area contributed by atoms with Crippen LogP contribution in [0.4, 0.5) is 0 Å². The van der Waals surface area contributed by atoms with Crippen molar-refractivity contribution in [2.24, 2.45) is 0 Å². The van der Waals surface area contributed by atoms with Gasteiger partial charge in [0, 0.05) is 40.2 Å². The number of carbonyl (C=O) groups excluding carboxylic acids is 1. The summed E-state index contributed by atoms with van der Waals surface area (Å²) in [7, 11) is 0. The van der Waals surface area contributed by atoms with Gasteiger partial charge in [0.25, 0.3) is 0 Å². The van der Waals surface area contributed by atoms with Crippen LogP contribution in [0.5, 0.6) is 0 Å². The van der Waals surface area contributed by atoms with Crippen molar-refractivity contribution in [3.05, 3.63) is 88.4 Å². The predicted octanol–water partition coefficient (Wildman–Crippen LogP) is 4.78. The van der Waals surface area contributed by atoms with Gasteiger partial charge in [-0.3, -0.25) is 9.78 Å². The zero-order valence-corrected chi connectivity index (χ0v) is 15.5. The van der Waals surface area contributed by atoms with E-state index in [1.54, 1.807) is 17.5 Å². The average molecular weight is 360 g/mol. The topological polar surface area (TPSA) is 33.2 Å². The first-order valence-corrected chi connectivity index (χ1v) is 9.49. The Kier molecular flexibility index (Phi) is 4.43. The van der Waals surface area contributed by atoms with Crippen LogP contribution in [0, 0.1) is 6.92 Å². The number of thiophene rings is 1. The molecule has 1 atom stereocenters. The minimum atomic E-state index is -0.00874. The third-order valence-electron chi connectivity index (χ3n) is 4.87. The smallest absolute Gasteiger partial charge is 0.246 e. The van der Waals surface area contributed by atoms with Crippen LogP contribution < -0.4 is 0 Å². The number of hydrogen-bond acceptors (Lipinski definition) is 3. The van der Waals surface area contributed by atoms with Crippen LogP contribution in [0.15, 0.2) is 67.5 Å². The Balaban J connectivity index is 1.84. The number of pyridine rings is 1. The number of fused-ring (bicyclic) bond motifs is 1. The molecule has 2 aromatic heterocycles. The van der Waals surface area contributed by atoms with Gasteiger partial charge < -0.3 is 4.90 Å². The summed E-state index contributed by atoms with van der Waals surface area (Å²) in [5.74, 6) is 0.148. The molecule has 4 heteroatoms. The van der Waals surface area contributed by atoms with Crippen molar-refractivity contribution in [1.29, 1.82) is 0 Å². The van der Waals surface area contributed by atoms with Gasteiger partial charge in [-0.2, -0.15) is 0 Å². The van der Waals surface area contributed by atoms with Crippen molar-refractivity contribution in [3.63, 3.8) is 0 Å². The number of benzene rings is 1. The van der Waals surface area contributed by atoms with Crippen molar-refractivity contribution >= 4 is 17.2 Å². The predicted molar refractivity (Wildman–Crippen MR) is 106 cm³/mol. The molecule has 3 aromatic rings. The SMILES string of the molecule is C=CC(=O)N1Cc2sc(C)cc2[C@@H](c2ccccc2-c2cccnc2)C1. The fourth-order valence-corrected chi connectivity index (χ4v) is 4.82. The first kappa shape index (κ1) is 16.7. The Bertz CT molecular complexity index is 961. The lowest BCUT2D eigenvalue weighted by atomic mass is 9.84. The lowest BCUT2D eigenvalue weighted by Gasteiger charge is -2.33. The van der Waals surface area contributed by atoms with E-state index in [2.05, 4.69) is 54.9 Å². The Morgan fingerprint density at radius 3 is 2.88 bits per heavy atom. The van der Waals surface area contributed by atoms with E-state index in [0.29, 0.717) is 13.1 Å². The average Bonchev–Trinajstić information content (AvgIpc) is 3.07. The maximum Gasteiger partial charge on any atom is 0.246 e. The maximum absolute atomic E-state index is 12.3. The first-order chi connectivity index (χ1) is 12.7. The first-order valence-electron chi connectivity index (χ1n) is 8.67. The molecule has 0 unspecified atom stereocenters. The molecule has 130 valence electrons. The molecule has 0 spiro atoms. The standard InChI is InChI=1S/C22H20N2OS/c1-3-22(25)24-13-20(19-11-15(2)26-21(19)14-24)18-9-5-4-8-17(18)16-7-6-10-23-12-16/h3-12,20H,1,13-14H2,2H3/t20-/m1/s1. The summed E-state index contributed by atoms with van der Waals surface area (Å²) >= 11 is 1.78. The molecule has 0 bridgehead atoms. The van der Waals surface area contributed by atoms with Crippen LogP contribution in [0.1, 0.15) is 26.8 Å². The molecule has 1 aliphatic heterocycles. The van der Waals surface area contributed by atoms with Crippen molar-refractivity contribution < 1.29 is 4.79 Å². The van der Waals surface area contributed by atoms with E-state index in [4.69, 9.17) is 0 Å². The molecule has 0 N–H and O–H groups in total. The Morgan fingerprint density at radius 2 is 2.12 bits per heavy atom. The monoisotopic (exact) mass is 360 g/mol. The van der Waals surface area contributed by atoms with E-state index in [0.717, 1.165) is 5.56 Å². The molecule has 1 aromatic carbocycles. The highest BCUT2D eigenvalue weighted by atomic mass is 32.1. The zero-order valence-electron chi connectivity index (χ0n) is 14.7. The summed E-state index contributed by atoms with van der Waals surface area (Å²) in [6.07, 6.45) is 5.10. The molecule has 26 heavy (non-hydrogen) atoms. The fraction of sp³-hybridized carbons (Fsp3) is 0.182. The zero-order chi connectivity index (χ0) is 18.1. The fourth-order valence-electron chi connectivity index (χ4n) is 3.71. The number of hydrogen-bond donors (Lipinski definition) is 0. The second-order valence-electron chi connectivity index (χ2n) is 6.54. The number of carbonyl (C=O) groups is 1. The van der Waals surface area contributed by atoms with Gasteiger partial charge in [0.05, 0.1) is 6.54 Å². The van der Waals surface area contributed by atoms with Crippen molar-refractivity contribution in [3.8, 4) is 11.1 Å². The van der Waals surface area contributed by atoms with Gasteiger partial charge >= 0.3 is 0 Å². The largest absolute Gasteiger partial charge is 0.333 e. The summed E-state index contributed by atoms with van der Waals surface area (Å²) in [5.41, 5.74) is 4.86. The number of rotatable bonds is 3. The lowest BCUT2D eigenvalue weighted by molar-refractivity contribution is -0.127. The lowest BCUT2D eigenvalue weighted by Crippen LogP contribution is -2.37. The molecule has 0 saturated carbocycles. The summed E-state index contributed by atoms with van der Waals surface area (Å²) in [6, 6.07) is 14.8. The van der Waals surface area contributed by atoms with Crippen LogP contribution in [-0.2, 0) is 11.3 Å². The van der Waals surface area contributed by atoms with Crippen LogP contribution in [0.25, 0.3) is 11.1 Å². The normalized spacial score (nSPS) is 16.2. The van der Waals surface area contributed by atoms with Crippen LogP contribution >= 0.6 is 11.3 Å². The molecule has 4 rings (SSSR count). The van der Waals surface area contributed by atoms with Gasteiger partial charge in [0.15, 0.2) is 0 Å². The van der Waals surface area contributed by atoms with Crippen LogP contribution in [0.2, 0.25) is 0 Å². The van der Waals surface area contributed by atoms with Crippen molar-refractivity contribution in [2.75, 3.05) is 6.54 Å². The van der Waals surface area contributed by atoms with Crippen molar-refractivity contribution in [1.82, 2.24) is 9.88 Å². The maximum atomic E-state index is 12.3. The molecule has 0 saturated heterocycles. The van der Waals surface area contributed by atoms with Gasteiger partial charge in [0.2, 0.25) is 5.91 Å². The van der Waals surface area contributed by atoms with Crippen LogP contribution in [0.3, 0.4) is 0 Å². The molecule has 1 amide bonds. The summed E-state index contributed by atoms with van der Waals surface area (Å²) in [5, 5.41) is 0. The summed E-state index contributed by atoms with van der Waals surface area (Å²) in [6.45, 7) is 7.14. The highest BCUT2D eigenvalue weighted by Crippen LogP contribution is 2.41. The van der Waals surface area contributed by atoms with Gasteiger partial charge in [0.1, 0.15) is 0 Å². The summed E-state index contributed by atoms with van der Waals surface area (Å²) in [4.78, 5) is 21.1. The van der Waals surface area contributed by atoms with Crippen LogP contribution in [-0.4, -0.2) is 22.3 Å². The Hall–Kier alpha value is -2.72. The van der Waals surface area contributed by atoms with Gasteiger partial charge in [-0.25, -0.2) is 0 Å². The van der Waals surface area contributed by atoms with E-state index in [9.17, 15) is 4.79 Å². The molecular formula is C22H20N2OS. The second-order valence-corrected chi connectivity index (χ2v) is 7.88.